The SMILES string of the molecule is [C-]#[N+]C(C(=O)NCCC[Si](C)(O[Si](C)(C)C)O[Si](C)(C)C)=C1Sc2c(OCCC[Si](C)(O[Si](C)(C)C)O[Si](C)(C)C)c3c(c(OCCC[Si](C)(O[Si](C)(C)C)O[Si](C)(C)C)c2S1)SC(=C(C#N)C(=O)NCCC[Si](C)(O[Si](C)(C)C)O[Si](C)(C)C)S3. The summed E-state index contributed by atoms with van der Waals surface area (Å²) in [5.41, 5.74) is -0.0127. The second kappa shape index (κ2) is 31.4. The van der Waals surface area contributed by atoms with Crippen molar-refractivity contribution in [1.29, 1.82) is 5.26 Å². The van der Waals surface area contributed by atoms with Crippen molar-refractivity contribution in [3.63, 3.8) is 0 Å². The van der Waals surface area contributed by atoms with E-state index in [1.165, 1.54) is 47.0 Å². The summed E-state index contributed by atoms with van der Waals surface area (Å²) in [4.78, 5) is 35.4. The highest BCUT2D eigenvalue weighted by atomic mass is 32.2. The minimum absolute atomic E-state index is 0.00223. The van der Waals surface area contributed by atoms with E-state index >= 15 is 0 Å². The van der Waals surface area contributed by atoms with Gasteiger partial charge in [0.2, 0.25) is 0 Å². The molecule has 0 unspecified atom stereocenters. The molecular formula is C54H110N4O12S4Si12. The van der Waals surface area contributed by atoms with Crippen molar-refractivity contribution in [2.24, 2.45) is 0 Å². The van der Waals surface area contributed by atoms with Crippen molar-refractivity contribution in [3.8, 4) is 17.6 Å². The van der Waals surface area contributed by atoms with E-state index in [1.807, 2.05) is 0 Å². The summed E-state index contributed by atoms with van der Waals surface area (Å²) in [5.74, 6) is 0.195. The summed E-state index contributed by atoms with van der Waals surface area (Å²) in [5, 5.41) is 17.0. The van der Waals surface area contributed by atoms with Crippen LogP contribution >= 0.6 is 47.0 Å². The van der Waals surface area contributed by atoms with Gasteiger partial charge in [0.1, 0.15) is 23.1 Å². The van der Waals surface area contributed by atoms with Crippen LogP contribution in [0.2, 0.25) is 207 Å². The first-order valence-corrected chi connectivity index (χ1v) is 71.0. The number of nitriles is 1. The zero-order valence-corrected chi connectivity index (χ0v) is 73.2. The number of nitrogens with zero attached hydrogens (tertiary/aromatic N) is 2. The molecule has 490 valence electrons. The number of ether oxygens (including phenoxy) is 2. The van der Waals surface area contributed by atoms with Crippen molar-refractivity contribution in [1.82, 2.24) is 10.6 Å². The lowest BCUT2D eigenvalue weighted by molar-refractivity contribution is -0.117. The van der Waals surface area contributed by atoms with E-state index in [2.05, 4.69) is 205 Å². The summed E-state index contributed by atoms with van der Waals surface area (Å²) < 4.78 is 69.6. The third-order valence-electron chi connectivity index (χ3n) is 11.5. The predicted octanol–water partition coefficient (Wildman–Crippen LogP) is 17.6. The van der Waals surface area contributed by atoms with E-state index in [9.17, 15) is 14.9 Å². The maximum Gasteiger partial charge on any atom is 0.314 e. The molecule has 0 radical (unpaired) electrons. The Morgan fingerprint density at radius 3 is 0.895 bits per heavy atom. The number of thioether (sulfide) groups is 4. The predicted molar refractivity (Wildman–Crippen MR) is 393 cm³/mol. The number of hydrogen-bond acceptors (Lipinski definition) is 17. The lowest BCUT2D eigenvalue weighted by Gasteiger charge is -2.38. The molecule has 1 aromatic rings. The van der Waals surface area contributed by atoms with Gasteiger partial charge in [-0.3, -0.25) is 9.59 Å². The second-order valence-electron chi connectivity index (χ2n) is 30.8. The summed E-state index contributed by atoms with van der Waals surface area (Å²) in [6.07, 6.45) is 2.57. The van der Waals surface area contributed by atoms with Crippen molar-refractivity contribution in [3.05, 3.63) is 31.2 Å². The zero-order valence-electron chi connectivity index (χ0n) is 57.9. The molecule has 3 rings (SSSR count). The van der Waals surface area contributed by atoms with Crippen LogP contribution in [0.1, 0.15) is 25.7 Å². The van der Waals surface area contributed by atoms with Gasteiger partial charge in [-0.05, 0) is 233 Å². The average molecular weight is 1470 g/mol. The van der Waals surface area contributed by atoms with Crippen LogP contribution in [-0.2, 0) is 42.5 Å². The number of benzene rings is 1. The molecule has 2 heterocycles. The number of carbonyl (C=O) groups excluding carboxylic acids is 2. The molecule has 86 heavy (non-hydrogen) atoms. The molecular weight excluding hydrogens is 1360 g/mol. The lowest BCUT2D eigenvalue weighted by atomic mass is 10.3. The van der Waals surface area contributed by atoms with Gasteiger partial charge in [0, 0.05) is 13.1 Å². The zero-order chi connectivity index (χ0) is 66.1. The van der Waals surface area contributed by atoms with Gasteiger partial charge < -0.3 is 53.0 Å². The third-order valence-corrected chi connectivity index (χ3v) is 55.1. The number of carbonyl (C=O) groups is 2. The number of amides is 2. The van der Waals surface area contributed by atoms with E-state index in [4.69, 9.17) is 49.0 Å². The molecule has 2 N–H and O–H groups in total. The molecule has 0 spiro atoms. The summed E-state index contributed by atoms with van der Waals surface area (Å²) in [6, 6.07) is 5.12. The number of fused-ring (bicyclic) bond motifs is 2. The fraction of sp³-hybridized carbons (Fsp3) is 0.741. The Morgan fingerprint density at radius 1 is 0.407 bits per heavy atom. The van der Waals surface area contributed by atoms with E-state index < -0.39 is 113 Å². The van der Waals surface area contributed by atoms with Gasteiger partial charge >= 0.3 is 34.2 Å². The van der Waals surface area contributed by atoms with E-state index in [1.54, 1.807) is 0 Å². The van der Waals surface area contributed by atoms with Gasteiger partial charge in [0.25, 0.3) is 17.5 Å². The van der Waals surface area contributed by atoms with E-state index in [-0.39, 0.29) is 11.3 Å². The molecule has 2 aliphatic heterocycles. The normalized spacial score (nSPS) is 15.0. The van der Waals surface area contributed by atoms with Crippen LogP contribution in [-0.4, -0.2) is 139 Å². The van der Waals surface area contributed by atoms with Gasteiger partial charge in [-0.1, -0.05) is 47.0 Å². The molecule has 0 saturated carbocycles. The smallest absolute Gasteiger partial charge is 0.314 e. The Bertz CT molecular complexity index is 2400. The molecule has 0 fully saturated rings. The van der Waals surface area contributed by atoms with Crippen molar-refractivity contribution >= 4 is 160 Å². The van der Waals surface area contributed by atoms with Crippen molar-refractivity contribution < 1.29 is 52.0 Å². The second-order valence-corrected chi connectivity index (χ2v) is 86.8. The Hall–Kier alpha value is -0.0974. The fourth-order valence-electron chi connectivity index (χ4n) is 10.4. The van der Waals surface area contributed by atoms with Crippen molar-refractivity contribution in [2.75, 3.05) is 26.3 Å². The maximum atomic E-state index is 14.3. The summed E-state index contributed by atoms with van der Waals surface area (Å²) >= 11 is 5.31. The molecule has 32 heteroatoms. The molecule has 2 aliphatic rings. The summed E-state index contributed by atoms with van der Waals surface area (Å²) in [7, 11) is -26.1. The van der Waals surface area contributed by atoms with Crippen LogP contribution in [0.5, 0.6) is 11.5 Å². The highest BCUT2D eigenvalue weighted by Crippen LogP contribution is 2.68. The van der Waals surface area contributed by atoms with Crippen LogP contribution < -0.4 is 20.1 Å². The van der Waals surface area contributed by atoms with E-state index in [0.717, 1.165) is 0 Å². The third kappa shape index (κ3) is 29.5. The van der Waals surface area contributed by atoms with Crippen LogP contribution in [0, 0.1) is 17.9 Å². The first-order chi connectivity index (χ1) is 38.7. The van der Waals surface area contributed by atoms with Crippen LogP contribution in [0.15, 0.2) is 39.3 Å². The van der Waals surface area contributed by atoms with Gasteiger partial charge in [-0.15, -0.1) is 0 Å². The quantitative estimate of drug-likeness (QED) is 0.0213. The minimum Gasteiger partial charge on any atom is -0.491 e. The average Bonchev–Trinajstić information content (AvgIpc) is 1.80. The minimum atomic E-state index is -2.64. The Kier molecular flexibility index (Phi) is 29.3. The first-order valence-electron chi connectivity index (χ1n) is 30.3. The van der Waals surface area contributed by atoms with E-state index in [0.29, 0.717) is 116 Å². The monoisotopic (exact) mass is 1470 g/mol. The number of nitrogens with one attached hydrogen (secondary N) is 2. The molecule has 0 aliphatic carbocycles. The molecule has 1 aromatic carbocycles. The Balaban J connectivity index is 2.23. The maximum absolute atomic E-state index is 14.3. The largest absolute Gasteiger partial charge is 0.491 e. The van der Waals surface area contributed by atoms with Gasteiger partial charge in [-0.25, -0.2) is 4.85 Å². The van der Waals surface area contributed by atoms with Crippen LogP contribution in [0.25, 0.3) is 4.85 Å². The van der Waals surface area contributed by atoms with Gasteiger partial charge in [-0.2, -0.15) is 5.26 Å². The van der Waals surface area contributed by atoms with Crippen molar-refractivity contribution in [2.45, 2.75) is 253 Å². The Labute approximate surface area is 550 Å². The topological polar surface area (TPSA) is 179 Å². The standard InChI is InChI=1S/C54H110N4O12S4Si12/c1-56-44(52(60)58-35-31-39-84(27,65-77(8,9)10)66-78(11,12)13)54-73-49-45(61-36-32-40-85(28,67-79(14,15)16)68-80(17,18)19)47-48(46(50(49)74-54)62-37-33-41-86(29,69-81(20,21)22)70-82(23,24)25)72-53(71-47)43(42-55)51(59)57-34-30-38-83(26,63-75(2,3)4)64-76(5,6)7/h30-41H2,2-29H3,(H,57,59)(H,58,60). The fourth-order valence-corrected chi connectivity index (χ4v) is 66.0. The van der Waals surface area contributed by atoms with Crippen LogP contribution in [0.4, 0.5) is 0 Å². The molecule has 0 aromatic heterocycles. The summed E-state index contributed by atoms with van der Waals surface area (Å²) in [6.45, 7) is 71.0. The first kappa shape index (κ1) is 80.1. The van der Waals surface area contributed by atoms with Gasteiger partial charge in [0.15, 0.2) is 66.5 Å². The molecule has 0 bridgehead atoms. The molecule has 2 amide bonds. The number of rotatable bonds is 36. The molecule has 0 atom stereocenters. The highest BCUT2D eigenvalue weighted by Gasteiger charge is 2.45. The molecule has 16 nitrogen and oxygen atoms in total. The Morgan fingerprint density at radius 2 is 0.651 bits per heavy atom. The van der Waals surface area contributed by atoms with Crippen LogP contribution in [0.3, 0.4) is 0 Å². The molecule has 0 saturated heterocycles. The number of hydrogen-bond donors (Lipinski definition) is 2. The van der Waals surface area contributed by atoms with Gasteiger partial charge in [0.05, 0.1) is 47.8 Å². The highest BCUT2D eigenvalue weighted by molar-refractivity contribution is 8.26. The lowest BCUT2D eigenvalue weighted by Crippen LogP contribution is -2.52.